The van der Waals surface area contributed by atoms with Crippen LogP contribution in [0.25, 0.3) is 0 Å². The summed E-state index contributed by atoms with van der Waals surface area (Å²) in [5.41, 5.74) is 6.40. The number of hydrogen-bond donors (Lipinski definition) is 1. The molecule has 2 rings (SSSR count). The van der Waals surface area contributed by atoms with Crippen molar-refractivity contribution in [2.24, 2.45) is 5.41 Å². The van der Waals surface area contributed by atoms with Crippen molar-refractivity contribution in [3.05, 3.63) is 6.07 Å². The highest BCUT2D eigenvalue weighted by Crippen LogP contribution is 2.39. The molecule has 1 aliphatic heterocycles. The van der Waals surface area contributed by atoms with Crippen LogP contribution in [0.5, 0.6) is 0 Å². The smallest absolute Gasteiger partial charge is 0.191 e. The molecular weight excluding hydrogens is 256 g/mol. The summed E-state index contributed by atoms with van der Waals surface area (Å²) in [6.07, 6.45) is 7.03. The molecule has 5 heteroatoms. The molecule has 106 valence electrons. The van der Waals surface area contributed by atoms with Gasteiger partial charge in [0, 0.05) is 19.2 Å². The molecule has 4 nitrogen and oxygen atoms in total. The van der Waals surface area contributed by atoms with E-state index in [-0.39, 0.29) is 0 Å². The van der Waals surface area contributed by atoms with E-state index in [0.717, 1.165) is 24.1 Å². The molecular formula is C14H24N4S. The van der Waals surface area contributed by atoms with Crippen LogP contribution in [0.15, 0.2) is 11.2 Å². The zero-order valence-corrected chi connectivity index (χ0v) is 13.0. The van der Waals surface area contributed by atoms with Crippen LogP contribution < -0.4 is 10.6 Å². The van der Waals surface area contributed by atoms with Crippen molar-refractivity contribution >= 4 is 23.4 Å². The Balaban J connectivity index is 2.11. The third-order valence-corrected chi connectivity index (χ3v) is 5.09. The zero-order chi connectivity index (χ0) is 13.9. The number of rotatable bonds is 4. The lowest BCUT2D eigenvalue weighted by atomic mass is 9.74. The number of thioether (sulfide) groups is 1. The van der Waals surface area contributed by atoms with Gasteiger partial charge in [-0.05, 0) is 24.5 Å². The molecule has 0 radical (unpaired) electrons. The van der Waals surface area contributed by atoms with E-state index in [1.165, 1.54) is 25.7 Å². The van der Waals surface area contributed by atoms with E-state index in [0.29, 0.717) is 11.2 Å². The molecule has 0 amide bonds. The third kappa shape index (κ3) is 3.14. The second-order valence-corrected chi connectivity index (χ2v) is 6.11. The molecule has 1 fully saturated rings. The summed E-state index contributed by atoms with van der Waals surface area (Å²) in [7, 11) is 0. The molecule has 1 saturated heterocycles. The van der Waals surface area contributed by atoms with Crippen molar-refractivity contribution in [2.75, 3.05) is 30.0 Å². The number of aromatic nitrogens is 2. The second kappa shape index (κ2) is 5.99. The van der Waals surface area contributed by atoms with Crippen LogP contribution in [0.2, 0.25) is 0 Å². The van der Waals surface area contributed by atoms with Crippen molar-refractivity contribution in [1.82, 2.24) is 9.97 Å². The van der Waals surface area contributed by atoms with Crippen molar-refractivity contribution in [3.8, 4) is 0 Å². The van der Waals surface area contributed by atoms with E-state index in [1.807, 2.05) is 12.3 Å². The van der Waals surface area contributed by atoms with Crippen LogP contribution >= 0.6 is 11.8 Å². The lowest BCUT2D eigenvalue weighted by molar-refractivity contribution is 0.199. The summed E-state index contributed by atoms with van der Waals surface area (Å²) in [6.45, 7) is 6.78. The summed E-state index contributed by atoms with van der Waals surface area (Å²) < 4.78 is 0. The summed E-state index contributed by atoms with van der Waals surface area (Å²) in [6, 6.07) is 1.89. The topological polar surface area (TPSA) is 55.0 Å². The quantitative estimate of drug-likeness (QED) is 0.678. The lowest BCUT2D eigenvalue weighted by Gasteiger charge is -2.41. The van der Waals surface area contributed by atoms with E-state index in [1.54, 1.807) is 11.8 Å². The van der Waals surface area contributed by atoms with Crippen LogP contribution in [0, 0.1) is 5.41 Å². The van der Waals surface area contributed by atoms with E-state index < -0.39 is 0 Å². The Morgan fingerprint density at radius 2 is 1.89 bits per heavy atom. The summed E-state index contributed by atoms with van der Waals surface area (Å²) in [5, 5.41) is 0.762. The van der Waals surface area contributed by atoms with Gasteiger partial charge in [0.1, 0.15) is 11.6 Å². The highest BCUT2D eigenvalue weighted by molar-refractivity contribution is 7.98. The fourth-order valence-electron chi connectivity index (χ4n) is 2.85. The van der Waals surface area contributed by atoms with Gasteiger partial charge in [-0.3, -0.25) is 0 Å². The van der Waals surface area contributed by atoms with Gasteiger partial charge in [0.2, 0.25) is 0 Å². The number of piperidine rings is 1. The predicted octanol–water partition coefficient (Wildman–Crippen LogP) is 3.19. The van der Waals surface area contributed by atoms with E-state index in [2.05, 4.69) is 28.7 Å². The highest BCUT2D eigenvalue weighted by atomic mass is 32.2. The molecule has 19 heavy (non-hydrogen) atoms. The summed E-state index contributed by atoms with van der Waals surface area (Å²) >= 11 is 1.54. The number of anilines is 2. The molecule has 1 aromatic rings. The van der Waals surface area contributed by atoms with Crippen molar-refractivity contribution in [2.45, 2.75) is 44.7 Å². The Labute approximate surface area is 120 Å². The fourth-order valence-corrected chi connectivity index (χ4v) is 3.23. The minimum absolute atomic E-state index is 0.539. The Morgan fingerprint density at radius 1 is 1.26 bits per heavy atom. The van der Waals surface area contributed by atoms with Crippen molar-refractivity contribution in [1.29, 1.82) is 0 Å². The molecule has 0 aromatic carbocycles. The molecule has 0 saturated carbocycles. The van der Waals surface area contributed by atoms with Gasteiger partial charge in [0.15, 0.2) is 5.16 Å². The maximum Gasteiger partial charge on any atom is 0.191 e. The van der Waals surface area contributed by atoms with Crippen LogP contribution in [0.3, 0.4) is 0 Å². The zero-order valence-electron chi connectivity index (χ0n) is 12.1. The number of nitrogen functional groups attached to an aromatic ring is 1. The fraction of sp³-hybridized carbons (Fsp3) is 0.714. The SMILES string of the molecule is CCC1(CC)CCN(c2cc(N)nc(SC)n2)CC1. The minimum Gasteiger partial charge on any atom is -0.383 e. The molecule has 0 aliphatic carbocycles. The maximum absolute atomic E-state index is 5.86. The maximum atomic E-state index is 5.86. The van der Waals surface area contributed by atoms with E-state index in [9.17, 15) is 0 Å². The first-order valence-electron chi connectivity index (χ1n) is 7.06. The number of nitrogens with two attached hydrogens (primary N) is 1. The first-order valence-corrected chi connectivity index (χ1v) is 8.28. The van der Waals surface area contributed by atoms with Gasteiger partial charge in [-0.1, -0.05) is 38.5 Å². The molecule has 0 atom stereocenters. The van der Waals surface area contributed by atoms with Crippen LogP contribution in [0.1, 0.15) is 39.5 Å². The average Bonchev–Trinajstić information content (AvgIpc) is 2.46. The van der Waals surface area contributed by atoms with Crippen LogP contribution in [-0.2, 0) is 0 Å². The van der Waals surface area contributed by atoms with Gasteiger partial charge in [-0.25, -0.2) is 9.97 Å². The molecule has 2 heterocycles. The molecule has 1 aliphatic rings. The largest absolute Gasteiger partial charge is 0.383 e. The van der Waals surface area contributed by atoms with E-state index >= 15 is 0 Å². The Kier molecular flexibility index (Phi) is 4.55. The molecule has 0 unspecified atom stereocenters. The monoisotopic (exact) mass is 280 g/mol. The lowest BCUT2D eigenvalue weighted by Crippen LogP contribution is -2.40. The highest BCUT2D eigenvalue weighted by Gasteiger charge is 2.31. The van der Waals surface area contributed by atoms with Gasteiger partial charge >= 0.3 is 0 Å². The summed E-state index contributed by atoms with van der Waals surface area (Å²) in [4.78, 5) is 11.1. The van der Waals surface area contributed by atoms with Crippen molar-refractivity contribution < 1.29 is 0 Å². The first-order chi connectivity index (χ1) is 9.12. The normalized spacial score (nSPS) is 18.6. The second-order valence-electron chi connectivity index (χ2n) is 5.33. The van der Waals surface area contributed by atoms with Gasteiger partial charge < -0.3 is 10.6 Å². The first kappa shape index (κ1) is 14.4. The van der Waals surface area contributed by atoms with Gasteiger partial charge in [0.05, 0.1) is 0 Å². The van der Waals surface area contributed by atoms with Gasteiger partial charge in [-0.2, -0.15) is 0 Å². The predicted molar refractivity (Wildman–Crippen MR) is 82.7 cm³/mol. The van der Waals surface area contributed by atoms with Crippen LogP contribution in [-0.4, -0.2) is 29.3 Å². The van der Waals surface area contributed by atoms with E-state index in [4.69, 9.17) is 5.73 Å². The Bertz CT molecular complexity index is 421. The van der Waals surface area contributed by atoms with Gasteiger partial charge in [-0.15, -0.1) is 0 Å². The molecule has 1 aromatic heterocycles. The average molecular weight is 280 g/mol. The molecule has 0 spiro atoms. The summed E-state index contributed by atoms with van der Waals surface area (Å²) in [5.74, 6) is 1.55. The third-order valence-electron chi connectivity index (χ3n) is 4.54. The Hall–Kier alpha value is -0.970. The number of nitrogens with zero attached hydrogens (tertiary/aromatic N) is 3. The standard InChI is InChI=1S/C14H24N4S/c1-4-14(5-2)6-8-18(9-7-14)12-10-11(15)16-13(17-12)19-3/h10H,4-9H2,1-3H3,(H2,15,16,17). The van der Waals surface area contributed by atoms with Crippen LogP contribution in [0.4, 0.5) is 11.6 Å². The Morgan fingerprint density at radius 3 is 2.42 bits per heavy atom. The molecule has 0 bridgehead atoms. The van der Waals surface area contributed by atoms with Gasteiger partial charge in [0.25, 0.3) is 0 Å². The van der Waals surface area contributed by atoms with Crippen molar-refractivity contribution in [3.63, 3.8) is 0 Å². The number of hydrogen-bond acceptors (Lipinski definition) is 5. The minimum atomic E-state index is 0.539. The molecule has 2 N–H and O–H groups in total.